The Labute approximate surface area is 144 Å². The fourth-order valence-corrected chi connectivity index (χ4v) is 3.02. The van der Waals surface area contributed by atoms with Crippen molar-refractivity contribution in [2.75, 3.05) is 6.54 Å². The fourth-order valence-electron chi connectivity index (χ4n) is 2.34. The molecular formula is C17H21N3O3S. The summed E-state index contributed by atoms with van der Waals surface area (Å²) in [6.07, 6.45) is 2.01. The highest BCUT2D eigenvalue weighted by Gasteiger charge is 2.34. The van der Waals surface area contributed by atoms with Crippen LogP contribution >= 0.6 is 11.3 Å². The zero-order valence-corrected chi connectivity index (χ0v) is 14.6. The highest BCUT2D eigenvalue weighted by atomic mass is 32.1. The lowest BCUT2D eigenvalue weighted by Crippen LogP contribution is -2.32. The fraction of sp³-hybridized carbons (Fsp3) is 0.471. The normalized spacial score (nSPS) is 14.0. The molecule has 0 aromatic carbocycles. The van der Waals surface area contributed by atoms with E-state index in [0.29, 0.717) is 24.8 Å². The van der Waals surface area contributed by atoms with Crippen LogP contribution in [0.2, 0.25) is 0 Å². The molecule has 1 aliphatic rings. The van der Waals surface area contributed by atoms with Crippen LogP contribution < -0.4 is 5.32 Å². The van der Waals surface area contributed by atoms with Gasteiger partial charge < -0.3 is 14.7 Å². The second-order valence-corrected chi connectivity index (χ2v) is 7.37. The van der Waals surface area contributed by atoms with Gasteiger partial charge in [0.1, 0.15) is 0 Å². The summed E-state index contributed by atoms with van der Waals surface area (Å²) in [5.74, 6) is 0.659. The Kier molecular flexibility index (Phi) is 4.99. The second kappa shape index (κ2) is 7.17. The molecule has 3 rings (SSSR count). The van der Waals surface area contributed by atoms with Gasteiger partial charge in [-0.1, -0.05) is 25.1 Å². The van der Waals surface area contributed by atoms with Gasteiger partial charge in [0.05, 0.1) is 11.4 Å². The lowest BCUT2D eigenvalue weighted by molar-refractivity contribution is 0.0717. The number of amides is 2. The van der Waals surface area contributed by atoms with Crippen LogP contribution in [0.25, 0.3) is 0 Å². The summed E-state index contributed by atoms with van der Waals surface area (Å²) in [5, 5.41) is 8.52. The summed E-state index contributed by atoms with van der Waals surface area (Å²) in [5.41, 5.74) is 0.255. The van der Waals surface area contributed by atoms with Gasteiger partial charge in [-0.3, -0.25) is 9.59 Å². The molecule has 2 heterocycles. The molecule has 1 N–H and O–H groups in total. The largest absolute Gasteiger partial charge is 0.359 e. The van der Waals surface area contributed by atoms with Gasteiger partial charge in [-0.2, -0.15) is 0 Å². The summed E-state index contributed by atoms with van der Waals surface area (Å²) < 4.78 is 5.27. The number of nitrogens with one attached hydrogen (secondary N) is 1. The molecule has 0 radical (unpaired) electrons. The predicted octanol–water partition coefficient (Wildman–Crippen LogP) is 2.93. The molecule has 1 fully saturated rings. The van der Waals surface area contributed by atoms with E-state index in [-0.39, 0.29) is 23.6 Å². The molecule has 24 heavy (non-hydrogen) atoms. The molecule has 2 aromatic rings. The number of hydrogen-bond donors (Lipinski definition) is 1. The lowest BCUT2D eigenvalue weighted by Gasteiger charge is -2.20. The summed E-state index contributed by atoms with van der Waals surface area (Å²) in [6, 6.07) is 5.57. The Hall–Kier alpha value is -2.15. The van der Waals surface area contributed by atoms with Gasteiger partial charge in [-0.05, 0) is 30.2 Å². The minimum absolute atomic E-state index is 0.00899. The van der Waals surface area contributed by atoms with E-state index in [4.69, 9.17) is 4.52 Å². The number of carbonyl (C=O) groups excluding carboxylic acids is 2. The van der Waals surface area contributed by atoms with E-state index in [0.717, 1.165) is 17.7 Å². The van der Waals surface area contributed by atoms with Crippen LogP contribution in [0.5, 0.6) is 0 Å². The molecule has 1 aliphatic carbocycles. The highest BCUT2D eigenvalue weighted by Crippen LogP contribution is 2.30. The van der Waals surface area contributed by atoms with Crippen LogP contribution in [0.15, 0.2) is 28.1 Å². The van der Waals surface area contributed by atoms with E-state index in [2.05, 4.69) is 10.5 Å². The molecule has 2 aromatic heterocycles. The minimum atomic E-state index is -0.249. The third-order valence-electron chi connectivity index (χ3n) is 3.77. The van der Waals surface area contributed by atoms with E-state index in [1.807, 2.05) is 36.3 Å². The average Bonchev–Trinajstić information content (AvgIpc) is 3.06. The first-order valence-corrected chi connectivity index (χ1v) is 9.01. The van der Waals surface area contributed by atoms with E-state index in [1.165, 1.54) is 11.3 Å². The number of hydrogen-bond acceptors (Lipinski definition) is 5. The Bertz CT molecular complexity index is 704. The molecule has 1 saturated carbocycles. The highest BCUT2D eigenvalue weighted by molar-refractivity contribution is 7.12. The Morgan fingerprint density at radius 1 is 1.46 bits per heavy atom. The van der Waals surface area contributed by atoms with Crippen molar-refractivity contribution in [3.63, 3.8) is 0 Å². The van der Waals surface area contributed by atoms with Gasteiger partial charge in [0.25, 0.3) is 11.8 Å². The van der Waals surface area contributed by atoms with E-state index < -0.39 is 0 Å². The third-order valence-corrected chi connectivity index (χ3v) is 4.63. The average molecular weight is 347 g/mol. The molecule has 0 saturated heterocycles. The predicted molar refractivity (Wildman–Crippen MR) is 90.9 cm³/mol. The first-order chi connectivity index (χ1) is 11.5. The van der Waals surface area contributed by atoms with Crippen LogP contribution in [0.4, 0.5) is 0 Å². The van der Waals surface area contributed by atoms with Crippen molar-refractivity contribution in [1.82, 2.24) is 15.4 Å². The molecule has 0 atom stereocenters. The zero-order chi connectivity index (χ0) is 17.1. The number of aromatic nitrogens is 1. The SMILES string of the molecule is CC(C)CNC(=O)c1cc(CN(C(=O)c2cccs2)C2CC2)on1. The first-order valence-electron chi connectivity index (χ1n) is 8.13. The maximum Gasteiger partial charge on any atom is 0.273 e. The van der Waals surface area contributed by atoms with Crippen molar-refractivity contribution in [2.24, 2.45) is 5.92 Å². The van der Waals surface area contributed by atoms with Crippen molar-refractivity contribution >= 4 is 23.2 Å². The number of rotatable bonds is 7. The van der Waals surface area contributed by atoms with Crippen LogP contribution in [-0.2, 0) is 6.54 Å². The van der Waals surface area contributed by atoms with E-state index in [1.54, 1.807) is 6.07 Å². The van der Waals surface area contributed by atoms with Crippen molar-refractivity contribution in [1.29, 1.82) is 0 Å². The van der Waals surface area contributed by atoms with Crippen molar-refractivity contribution in [3.05, 3.63) is 39.9 Å². The molecule has 0 bridgehead atoms. The van der Waals surface area contributed by atoms with Crippen molar-refractivity contribution < 1.29 is 14.1 Å². The van der Waals surface area contributed by atoms with Gasteiger partial charge in [-0.25, -0.2) is 0 Å². The summed E-state index contributed by atoms with van der Waals surface area (Å²) in [6.45, 7) is 4.98. The third kappa shape index (κ3) is 4.03. The van der Waals surface area contributed by atoms with Crippen LogP contribution in [0, 0.1) is 5.92 Å². The van der Waals surface area contributed by atoms with Gasteiger partial charge >= 0.3 is 0 Å². The molecular weight excluding hydrogens is 326 g/mol. The Morgan fingerprint density at radius 2 is 2.25 bits per heavy atom. The molecule has 6 nitrogen and oxygen atoms in total. The maximum absolute atomic E-state index is 12.6. The number of nitrogens with zero attached hydrogens (tertiary/aromatic N) is 2. The van der Waals surface area contributed by atoms with Gasteiger partial charge in [-0.15, -0.1) is 11.3 Å². The van der Waals surface area contributed by atoms with Crippen LogP contribution in [-0.4, -0.2) is 34.5 Å². The molecule has 2 amide bonds. The summed E-state index contributed by atoms with van der Waals surface area (Å²) in [7, 11) is 0. The molecule has 0 unspecified atom stereocenters. The zero-order valence-electron chi connectivity index (χ0n) is 13.8. The first kappa shape index (κ1) is 16.7. The van der Waals surface area contributed by atoms with E-state index in [9.17, 15) is 9.59 Å². The lowest BCUT2D eigenvalue weighted by atomic mass is 10.2. The topological polar surface area (TPSA) is 75.4 Å². The molecule has 0 aliphatic heterocycles. The molecule has 128 valence electrons. The van der Waals surface area contributed by atoms with Gasteiger partial charge in [0.2, 0.25) is 0 Å². The smallest absolute Gasteiger partial charge is 0.273 e. The molecule has 7 heteroatoms. The Balaban J connectivity index is 1.66. The molecule has 0 spiro atoms. The summed E-state index contributed by atoms with van der Waals surface area (Å²) >= 11 is 1.43. The summed E-state index contributed by atoms with van der Waals surface area (Å²) in [4.78, 5) is 27.1. The monoisotopic (exact) mass is 347 g/mol. The van der Waals surface area contributed by atoms with Crippen molar-refractivity contribution in [2.45, 2.75) is 39.3 Å². The van der Waals surface area contributed by atoms with Crippen LogP contribution in [0.3, 0.4) is 0 Å². The minimum Gasteiger partial charge on any atom is -0.359 e. The number of thiophene rings is 1. The van der Waals surface area contributed by atoms with Crippen molar-refractivity contribution in [3.8, 4) is 0 Å². The van der Waals surface area contributed by atoms with Gasteiger partial charge in [0, 0.05) is 18.7 Å². The second-order valence-electron chi connectivity index (χ2n) is 6.42. The van der Waals surface area contributed by atoms with E-state index >= 15 is 0 Å². The number of carbonyl (C=O) groups is 2. The quantitative estimate of drug-likeness (QED) is 0.835. The maximum atomic E-state index is 12.6. The van der Waals surface area contributed by atoms with Crippen LogP contribution in [0.1, 0.15) is 52.6 Å². The standard InChI is InChI=1S/C17H21N3O3S/c1-11(2)9-18-16(21)14-8-13(23-19-14)10-20(12-5-6-12)17(22)15-4-3-7-24-15/h3-4,7-8,11-12H,5-6,9-10H2,1-2H3,(H,18,21). The Morgan fingerprint density at radius 3 is 2.88 bits per heavy atom. The van der Waals surface area contributed by atoms with Gasteiger partial charge in [0.15, 0.2) is 11.5 Å².